The maximum atomic E-state index is 12.5. The van der Waals surface area contributed by atoms with E-state index >= 15 is 0 Å². The second-order valence-electron chi connectivity index (χ2n) is 6.48. The van der Waals surface area contributed by atoms with E-state index in [0.717, 1.165) is 5.56 Å². The predicted molar refractivity (Wildman–Crippen MR) is 105 cm³/mol. The quantitative estimate of drug-likeness (QED) is 0.681. The number of nitrogens with one attached hydrogen (secondary N) is 1. The molecule has 0 aliphatic carbocycles. The predicted octanol–water partition coefficient (Wildman–Crippen LogP) is 3.72. The van der Waals surface area contributed by atoms with Crippen LogP contribution in [0.2, 0.25) is 0 Å². The normalized spacial score (nSPS) is 11.8. The van der Waals surface area contributed by atoms with Gasteiger partial charge in [0.15, 0.2) is 0 Å². The maximum absolute atomic E-state index is 12.5. The van der Waals surface area contributed by atoms with Crippen LogP contribution in [0.5, 0.6) is 11.5 Å². The molecule has 7 nitrogen and oxygen atoms in total. The highest BCUT2D eigenvalue weighted by atomic mass is 16.5. The van der Waals surface area contributed by atoms with Crippen molar-refractivity contribution in [3.05, 3.63) is 53.6 Å². The highest BCUT2D eigenvalue weighted by molar-refractivity contribution is 5.97. The number of hydrogen-bond donors (Lipinski definition) is 2. The van der Waals surface area contributed by atoms with E-state index < -0.39 is 18.0 Å². The number of carbonyl (C=O) groups is 2. The Bertz CT molecular complexity index is 833. The van der Waals surface area contributed by atoms with Gasteiger partial charge in [-0.1, -0.05) is 12.1 Å². The molecule has 28 heavy (non-hydrogen) atoms. The van der Waals surface area contributed by atoms with Crippen LogP contribution in [0.3, 0.4) is 0 Å². The summed E-state index contributed by atoms with van der Waals surface area (Å²) < 4.78 is 16.5. The minimum atomic E-state index is -1.09. The Balaban J connectivity index is 2.07. The van der Waals surface area contributed by atoms with Crippen LogP contribution in [0.25, 0.3) is 0 Å². The Morgan fingerprint density at radius 1 is 1.11 bits per heavy atom. The average Bonchev–Trinajstić information content (AvgIpc) is 2.66. The summed E-state index contributed by atoms with van der Waals surface area (Å²) in [7, 11) is 1.58. The Morgan fingerprint density at radius 2 is 1.86 bits per heavy atom. The van der Waals surface area contributed by atoms with E-state index in [1.54, 1.807) is 14.0 Å². The molecule has 2 rings (SSSR count). The number of carbonyl (C=O) groups excluding carboxylic acids is 1. The van der Waals surface area contributed by atoms with E-state index in [4.69, 9.17) is 14.2 Å². The molecule has 7 heteroatoms. The molecule has 1 unspecified atom stereocenters. The standard InChI is InChI=1S/C21H25NO6/c1-13(2)28-19-9-8-16(21(24)25)11-18(19)22-20(23)14(3)27-12-15-6-5-7-17(10-15)26-4/h5-11,13-14H,12H2,1-4H3,(H,22,23)(H,24,25). The molecule has 0 saturated carbocycles. The number of ether oxygens (including phenoxy) is 3. The molecule has 2 N–H and O–H groups in total. The third-order valence-corrected chi connectivity index (χ3v) is 3.85. The fourth-order valence-corrected chi connectivity index (χ4v) is 2.41. The van der Waals surface area contributed by atoms with E-state index in [2.05, 4.69) is 5.32 Å². The lowest BCUT2D eigenvalue weighted by molar-refractivity contribution is -0.127. The van der Waals surface area contributed by atoms with E-state index in [9.17, 15) is 14.7 Å². The van der Waals surface area contributed by atoms with E-state index in [1.165, 1.54) is 18.2 Å². The van der Waals surface area contributed by atoms with Gasteiger partial charge in [-0.05, 0) is 56.7 Å². The largest absolute Gasteiger partial charge is 0.497 e. The van der Waals surface area contributed by atoms with Gasteiger partial charge >= 0.3 is 5.97 Å². The smallest absolute Gasteiger partial charge is 0.335 e. The molecule has 0 spiro atoms. The number of aromatic carboxylic acids is 1. The number of anilines is 1. The summed E-state index contributed by atoms with van der Waals surface area (Å²) >= 11 is 0. The molecular weight excluding hydrogens is 362 g/mol. The Hall–Kier alpha value is -3.06. The number of amides is 1. The van der Waals surface area contributed by atoms with Crippen molar-refractivity contribution in [3.63, 3.8) is 0 Å². The Labute approximate surface area is 164 Å². The first-order chi connectivity index (χ1) is 13.3. The molecule has 0 aliphatic heterocycles. The number of rotatable bonds is 9. The number of carboxylic acid groups (broad SMARTS) is 1. The van der Waals surface area contributed by atoms with E-state index in [0.29, 0.717) is 11.5 Å². The lowest BCUT2D eigenvalue weighted by atomic mass is 10.1. The van der Waals surface area contributed by atoms with Crippen LogP contribution < -0.4 is 14.8 Å². The summed E-state index contributed by atoms with van der Waals surface area (Å²) in [5.74, 6) is -0.388. The van der Waals surface area contributed by atoms with Gasteiger partial charge in [-0.15, -0.1) is 0 Å². The average molecular weight is 387 g/mol. The van der Waals surface area contributed by atoms with E-state index in [1.807, 2.05) is 38.1 Å². The summed E-state index contributed by atoms with van der Waals surface area (Å²) in [5, 5.41) is 11.9. The molecule has 0 saturated heterocycles. The number of benzene rings is 2. The lowest BCUT2D eigenvalue weighted by Crippen LogP contribution is -2.28. The van der Waals surface area contributed by atoms with Crippen molar-refractivity contribution < 1.29 is 28.9 Å². The highest BCUT2D eigenvalue weighted by Crippen LogP contribution is 2.27. The number of hydrogen-bond acceptors (Lipinski definition) is 5. The fourth-order valence-electron chi connectivity index (χ4n) is 2.41. The molecule has 150 valence electrons. The van der Waals surface area contributed by atoms with Gasteiger partial charge in [-0.3, -0.25) is 4.79 Å². The monoisotopic (exact) mass is 387 g/mol. The zero-order valence-corrected chi connectivity index (χ0v) is 16.4. The molecule has 0 radical (unpaired) electrons. The molecule has 1 atom stereocenters. The molecule has 0 fully saturated rings. The molecule has 0 aliphatic rings. The van der Waals surface area contributed by atoms with Crippen molar-refractivity contribution in [3.8, 4) is 11.5 Å². The summed E-state index contributed by atoms with van der Waals surface area (Å²) in [6.07, 6.45) is -0.889. The first kappa shape index (κ1) is 21.2. The SMILES string of the molecule is COc1cccc(COC(C)C(=O)Nc2cc(C(=O)O)ccc2OC(C)C)c1. The zero-order chi connectivity index (χ0) is 20.7. The van der Waals surface area contributed by atoms with Crippen molar-refractivity contribution in [2.45, 2.75) is 39.6 Å². The summed E-state index contributed by atoms with van der Waals surface area (Å²) in [5.41, 5.74) is 1.21. The van der Waals surface area contributed by atoms with E-state index in [-0.39, 0.29) is 24.0 Å². The fraction of sp³-hybridized carbons (Fsp3) is 0.333. The molecule has 0 heterocycles. The van der Waals surface area contributed by atoms with Gasteiger partial charge in [-0.2, -0.15) is 0 Å². The van der Waals surface area contributed by atoms with Crippen LogP contribution in [0.15, 0.2) is 42.5 Å². The van der Waals surface area contributed by atoms with Gasteiger partial charge in [0.1, 0.15) is 17.6 Å². The number of carboxylic acids is 1. The Kier molecular flexibility index (Phi) is 7.40. The van der Waals surface area contributed by atoms with Gasteiger partial charge in [0.2, 0.25) is 0 Å². The van der Waals surface area contributed by atoms with Crippen LogP contribution >= 0.6 is 0 Å². The van der Waals surface area contributed by atoms with Gasteiger partial charge in [0.25, 0.3) is 5.91 Å². The minimum Gasteiger partial charge on any atom is -0.497 e. The van der Waals surface area contributed by atoms with Gasteiger partial charge in [0.05, 0.1) is 31.1 Å². The molecule has 2 aromatic carbocycles. The van der Waals surface area contributed by atoms with Crippen molar-refractivity contribution in [2.75, 3.05) is 12.4 Å². The van der Waals surface area contributed by atoms with Crippen LogP contribution in [0.4, 0.5) is 5.69 Å². The summed E-state index contributed by atoms with van der Waals surface area (Å²) in [6.45, 7) is 5.54. The topological polar surface area (TPSA) is 94.1 Å². The van der Waals surface area contributed by atoms with Crippen LogP contribution in [0.1, 0.15) is 36.7 Å². The lowest BCUT2D eigenvalue weighted by Gasteiger charge is -2.18. The minimum absolute atomic E-state index is 0.0522. The second-order valence-corrected chi connectivity index (χ2v) is 6.48. The first-order valence-electron chi connectivity index (χ1n) is 8.89. The molecular formula is C21H25NO6. The zero-order valence-electron chi connectivity index (χ0n) is 16.4. The third kappa shape index (κ3) is 5.99. The van der Waals surface area contributed by atoms with Crippen molar-refractivity contribution in [1.82, 2.24) is 0 Å². The van der Waals surface area contributed by atoms with Crippen molar-refractivity contribution >= 4 is 17.6 Å². The van der Waals surface area contributed by atoms with Crippen molar-refractivity contribution in [1.29, 1.82) is 0 Å². The van der Waals surface area contributed by atoms with Crippen molar-refractivity contribution in [2.24, 2.45) is 0 Å². The van der Waals surface area contributed by atoms with Crippen LogP contribution in [-0.2, 0) is 16.1 Å². The molecule has 1 amide bonds. The van der Waals surface area contributed by atoms with Gasteiger partial charge in [-0.25, -0.2) is 4.79 Å². The summed E-state index contributed by atoms with van der Waals surface area (Å²) in [4.78, 5) is 23.7. The maximum Gasteiger partial charge on any atom is 0.335 e. The van der Waals surface area contributed by atoms with Gasteiger partial charge in [0, 0.05) is 0 Å². The third-order valence-electron chi connectivity index (χ3n) is 3.85. The van der Waals surface area contributed by atoms with Gasteiger partial charge < -0.3 is 24.6 Å². The van der Waals surface area contributed by atoms with Crippen LogP contribution in [-0.4, -0.2) is 36.3 Å². The number of methoxy groups -OCH3 is 1. The molecule has 0 bridgehead atoms. The molecule has 0 aromatic heterocycles. The Morgan fingerprint density at radius 3 is 2.50 bits per heavy atom. The first-order valence-corrected chi connectivity index (χ1v) is 8.89. The van der Waals surface area contributed by atoms with Crippen LogP contribution in [0, 0.1) is 0 Å². The highest BCUT2D eigenvalue weighted by Gasteiger charge is 2.18. The second kappa shape index (κ2) is 9.75. The molecule has 2 aromatic rings. The summed E-state index contributed by atoms with van der Waals surface area (Å²) in [6, 6.07) is 11.7.